The Hall–Kier alpha value is -0.690. The van der Waals surface area contributed by atoms with E-state index in [1.807, 2.05) is 4.90 Å². The Kier molecular flexibility index (Phi) is 3.88. The number of piperidine rings is 1. The van der Waals surface area contributed by atoms with Gasteiger partial charge >= 0.3 is 5.97 Å². The minimum atomic E-state index is -1.15. The standard InChI is InChI=1S/C13H23NO5/c1-13(2,3)12(18)19-8-6-14-5-4-7(15)9(14)11(17)10(8)16/h7-11,15-17H,4-6H2,1-3H3/t7-,8-,9+,10+,11+/m0/s1. The maximum absolute atomic E-state index is 11.9. The second-order valence-corrected chi connectivity index (χ2v) is 6.52. The number of ether oxygens (including phenoxy) is 1. The number of carbonyl (C=O) groups is 1. The molecule has 3 N–H and O–H groups in total. The molecule has 0 spiro atoms. The van der Waals surface area contributed by atoms with Crippen molar-refractivity contribution in [3.63, 3.8) is 0 Å². The molecule has 110 valence electrons. The molecule has 2 saturated heterocycles. The fourth-order valence-corrected chi connectivity index (χ4v) is 2.70. The molecule has 6 heteroatoms. The van der Waals surface area contributed by atoms with Crippen molar-refractivity contribution < 1.29 is 24.9 Å². The van der Waals surface area contributed by atoms with Gasteiger partial charge < -0.3 is 20.1 Å². The Morgan fingerprint density at radius 1 is 1.21 bits per heavy atom. The van der Waals surface area contributed by atoms with Gasteiger partial charge in [-0.15, -0.1) is 0 Å². The SMILES string of the molecule is CC(C)(C)C(=O)O[C@H]1CN2CC[C@H](O)[C@@H]2[C@@H](O)[C@@H]1O. The van der Waals surface area contributed by atoms with Gasteiger partial charge in [-0.25, -0.2) is 0 Å². The third-order valence-electron chi connectivity index (χ3n) is 3.89. The maximum atomic E-state index is 11.9. The molecule has 2 aliphatic rings. The van der Waals surface area contributed by atoms with Crippen molar-refractivity contribution in [1.82, 2.24) is 4.90 Å². The minimum absolute atomic E-state index is 0.349. The molecule has 19 heavy (non-hydrogen) atoms. The third-order valence-corrected chi connectivity index (χ3v) is 3.89. The molecule has 0 aromatic carbocycles. The summed E-state index contributed by atoms with van der Waals surface area (Å²) in [4.78, 5) is 13.7. The quantitative estimate of drug-likeness (QED) is 0.537. The molecular weight excluding hydrogens is 250 g/mol. The average Bonchev–Trinajstić information content (AvgIpc) is 2.66. The lowest BCUT2D eigenvalue weighted by Crippen LogP contribution is -2.62. The van der Waals surface area contributed by atoms with Gasteiger partial charge in [-0.05, 0) is 27.2 Å². The van der Waals surface area contributed by atoms with Gasteiger partial charge in [0.15, 0.2) is 0 Å². The van der Waals surface area contributed by atoms with Crippen LogP contribution in [-0.4, -0.2) is 69.7 Å². The largest absolute Gasteiger partial charge is 0.458 e. The molecule has 0 aromatic rings. The van der Waals surface area contributed by atoms with E-state index >= 15 is 0 Å². The van der Waals surface area contributed by atoms with E-state index < -0.39 is 41.8 Å². The van der Waals surface area contributed by atoms with Gasteiger partial charge in [0.05, 0.1) is 17.6 Å². The van der Waals surface area contributed by atoms with Gasteiger partial charge in [0.2, 0.25) is 0 Å². The van der Waals surface area contributed by atoms with Crippen molar-refractivity contribution in [2.24, 2.45) is 5.41 Å². The Labute approximate surface area is 113 Å². The van der Waals surface area contributed by atoms with Crippen molar-refractivity contribution in [2.75, 3.05) is 13.1 Å². The van der Waals surface area contributed by atoms with Crippen LogP contribution < -0.4 is 0 Å². The van der Waals surface area contributed by atoms with Crippen LogP contribution in [0.25, 0.3) is 0 Å². The molecule has 0 radical (unpaired) electrons. The van der Waals surface area contributed by atoms with Gasteiger partial charge in [-0.1, -0.05) is 0 Å². The Morgan fingerprint density at radius 3 is 2.42 bits per heavy atom. The van der Waals surface area contributed by atoms with Crippen molar-refractivity contribution in [3.8, 4) is 0 Å². The van der Waals surface area contributed by atoms with Crippen molar-refractivity contribution in [1.29, 1.82) is 0 Å². The maximum Gasteiger partial charge on any atom is 0.311 e. The lowest BCUT2D eigenvalue weighted by molar-refractivity contribution is -0.186. The van der Waals surface area contributed by atoms with Crippen molar-refractivity contribution in [3.05, 3.63) is 0 Å². The highest BCUT2D eigenvalue weighted by Crippen LogP contribution is 2.30. The van der Waals surface area contributed by atoms with Crippen molar-refractivity contribution in [2.45, 2.75) is 57.6 Å². The lowest BCUT2D eigenvalue weighted by Gasteiger charge is -2.42. The molecule has 0 bridgehead atoms. The van der Waals surface area contributed by atoms with Gasteiger partial charge in [0.1, 0.15) is 18.3 Å². The highest BCUT2D eigenvalue weighted by Gasteiger charge is 2.49. The summed E-state index contributed by atoms with van der Waals surface area (Å²) in [5.41, 5.74) is -0.647. The summed E-state index contributed by atoms with van der Waals surface area (Å²) in [5, 5.41) is 29.9. The molecule has 0 amide bonds. The molecule has 2 heterocycles. The van der Waals surface area contributed by atoms with E-state index in [-0.39, 0.29) is 0 Å². The molecule has 5 atom stereocenters. The van der Waals surface area contributed by atoms with E-state index in [0.717, 1.165) is 0 Å². The molecule has 2 fully saturated rings. The van der Waals surface area contributed by atoms with E-state index in [2.05, 4.69) is 0 Å². The fourth-order valence-electron chi connectivity index (χ4n) is 2.70. The number of hydrogen-bond donors (Lipinski definition) is 3. The summed E-state index contributed by atoms with van der Waals surface area (Å²) in [6.45, 7) is 6.21. The summed E-state index contributed by atoms with van der Waals surface area (Å²) >= 11 is 0. The number of hydrogen-bond acceptors (Lipinski definition) is 6. The summed E-state index contributed by atoms with van der Waals surface area (Å²) in [6.07, 6.45) is -3.06. The summed E-state index contributed by atoms with van der Waals surface area (Å²) in [7, 11) is 0. The summed E-state index contributed by atoms with van der Waals surface area (Å²) < 4.78 is 5.31. The smallest absolute Gasteiger partial charge is 0.311 e. The number of carbonyl (C=O) groups excluding carboxylic acids is 1. The molecule has 0 aliphatic carbocycles. The van der Waals surface area contributed by atoms with E-state index in [1.165, 1.54) is 0 Å². The Bertz CT molecular complexity index is 353. The predicted octanol–water partition coefficient (Wildman–Crippen LogP) is -0.885. The van der Waals surface area contributed by atoms with Gasteiger partial charge in [0, 0.05) is 13.1 Å². The zero-order valence-electron chi connectivity index (χ0n) is 11.6. The van der Waals surface area contributed by atoms with Crippen LogP contribution >= 0.6 is 0 Å². The average molecular weight is 273 g/mol. The van der Waals surface area contributed by atoms with Gasteiger partial charge in [-0.2, -0.15) is 0 Å². The molecular formula is C13H23NO5. The third kappa shape index (κ3) is 2.76. The van der Waals surface area contributed by atoms with Crippen LogP contribution in [0.15, 0.2) is 0 Å². The highest BCUT2D eigenvalue weighted by atomic mass is 16.6. The van der Waals surface area contributed by atoms with Crippen LogP contribution in [0.3, 0.4) is 0 Å². The predicted molar refractivity (Wildman–Crippen MR) is 67.3 cm³/mol. The Balaban J connectivity index is 2.06. The first kappa shape index (κ1) is 14.7. The lowest BCUT2D eigenvalue weighted by atomic mass is 9.92. The monoisotopic (exact) mass is 273 g/mol. The topological polar surface area (TPSA) is 90.2 Å². The molecule has 0 saturated carbocycles. The number of nitrogens with zero attached hydrogens (tertiary/aromatic N) is 1. The highest BCUT2D eigenvalue weighted by molar-refractivity contribution is 5.75. The van der Waals surface area contributed by atoms with Crippen LogP contribution in [0.2, 0.25) is 0 Å². The van der Waals surface area contributed by atoms with Crippen LogP contribution in [0.1, 0.15) is 27.2 Å². The molecule has 6 nitrogen and oxygen atoms in total. The molecule has 2 rings (SSSR count). The first-order valence-electron chi connectivity index (χ1n) is 6.71. The number of esters is 1. The summed E-state index contributed by atoms with van der Waals surface area (Å²) in [5.74, 6) is -0.401. The van der Waals surface area contributed by atoms with Crippen molar-refractivity contribution >= 4 is 5.97 Å². The molecule has 2 aliphatic heterocycles. The summed E-state index contributed by atoms with van der Waals surface area (Å²) in [6, 6.07) is -0.459. The number of fused-ring (bicyclic) bond motifs is 1. The Morgan fingerprint density at radius 2 is 1.84 bits per heavy atom. The second kappa shape index (κ2) is 5.01. The van der Waals surface area contributed by atoms with Crippen LogP contribution in [0, 0.1) is 5.41 Å². The first-order valence-corrected chi connectivity index (χ1v) is 6.71. The van der Waals surface area contributed by atoms with Crippen LogP contribution in [0.4, 0.5) is 0 Å². The fraction of sp³-hybridized carbons (Fsp3) is 0.923. The van der Waals surface area contributed by atoms with Gasteiger partial charge in [-0.3, -0.25) is 9.69 Å². The van der Waals surface area contributed by atoms with E-state index in [9.17, 15) is 20.1 Å². The van der Waals surface area contributed by atoms with E-state index in [4.69, 9.17) is 4.74 Å². The zero-order valence-corrected chi connectivity index (χ0v) is 11.6. The normalized spacial score (nSPS) is 40.0. The van der Waals surface area contributed by atoms with E-state index in [1.54, 1.807) is 20.8 Å². The number of aliphatic hydroxyl groups is 3. The zero-order chi connectivity index (χ0) is 14.4. The van der Waals surface area contributed by atoms with Gasteiger partial charge in [0.25, 0.3) is 0 Å². The number of aliphatic hydroxyl groups excluding tert-OH is 3. The second-order valence-electron chi connectivity index (χ2n) is 6.52. The minimum Gasteiger partial charge on any atom is -0.458 e. The molecule has 0 aromatic heterocycles. The first-order chi connectivity index (χ1) is 8.71. The molecule has 0 unspecified atom stereocenters. The number of rotatable bonds is 1. The van der Waals surface area contributed by atoms with Crippen LogP contribution in [-0.2, 0) is 9.53 Å². The van der Waals surface area contributed by atoms with E-state index in [0.29, 0.717) is 19.5 Å². The van der Waals surface area contributed by atoms with Crippen LogP contribution in [0.5, 0.6) is 0 Å².